The maximum absolute atomic E-state index is 10.3. The topological polar surface area (TPSA) is 46.5 Å². The van der Waals surface area contributed by atoms with Crippen LogP contribution in [0.3, 0.4) is 0 Å². The first-order valence-electron chi connectivity index (χ1n) is 3.16. The molecule has 1 rings (SSSR count). The molecule has 0 aliphatic rings. The van der Waals surface area contributed by atoms with E-state index < -0.39 is 0 Å². The Morgan fingerprint density at radius 3 is 2.50 bits per heavy atom. The van der Waals surface area contributed by atoms with Crippen LogP contribution in [0, 0.1) is 4.91 Å². The molecular weight excluding hydrogens is 193 g/mol. The zero-order valence-electron chi connectivity index (χ0n) is 6.06. The van der Waals surface area contributed by atoms with Gasteiger partial charge in [-0.05, 0) is 17.1 Å². The van der Waals surface area contributed by atoms with Crippen LogP contribution in [0.15, 0.2) is 34.1 Å². The number of hydrogen-bond donors (Lipinski definition) is 0. The van der Waals surface area contributed by atoms with Crippen LogP contribution in [0.1, 0.15) is 10.4 Å². The highest BCUT2D eigenvalue weighted by atomic mass is 32.7. The molecule has 0 bridgehead atoms. The molecule has 0 spiro atoms. The van der Waals surface area contributed by atoms with E-state index in [9.17, 15) is 9.70 Å². The number of carbonyl (C=O) groups excluding carboxylic acids is 1. The van der Waals surface area contributed by atoms with Crippen LogP contribution in [-0.2, 0) is 0 Å². The van der Waals surface area contributed by atoms with Crippen molar-refractivity contribution in [3.05, 3.63) is 34.7 Å². The third kappa shape index (κ3) is 2.72. The SMILES string of the molecule is O=Cc1ccc(SPN=O)cc1. The van der Waals surface area contributed by atoms with Gasteiger partial charge in [0.05, 0.1) is 0 Å². The largest absolute Gasteiger partial charge is 0.298 e. The molecule has 0 fully saturated rings. The molecule has 12 heavy (non-hydrogen) atoms. The summed E-state index contributed by atoms with van der Waals surface area (Å²) in [5.41, 5.74) is 0.641. The van der Waals surface area contributed by atoms with Gasteiger partial charge < -0.3 is 0 Å². The molecule has 1 aromatic rings. The summed E-state index contributed by atoms with van der Waals surface area (Å²) in [4.78, 5) is 23.7. The summed E-state index contributed by atoms with van der Waals surface area (Å²) in [5, 5.41) is 0. The average Bonchev–Trinajstić information content (AvgIpc) is 2.15. The van der Waals surface area contributed by atoms with Gasteiger partial charge in [0.15, 0.2) is 0 Å². The van der Waals surface area contributed by atoms with Crippen LogP contribution in [0.4, 0.5) is 0 Å². The van der Waals surface area contributed by atoms with Crippen molar-refractivity contribution in [2.45, 2.75) is 4.90 Å². The summed E-state index contributed by atoms with van der Waals surface area (Å²) in [5.74, 6) is 0. The van der Waals surface area contributed by atoms with Crippen molar-refractivity contribution in [1.82, 2.24) is 0 Å². The highest BCUT2D eigenvalue weighted by Crippen LogP contribution is 2.37. The molecule has 3 nitrogen and oxygen atoms in total. The van der Waals surface area contributed by atoms with E-state index in [1.807, 2.05) is 0 Å². The van der Waals surface area contributed by atoms with Crippen LogP contribution < -0.4 is 0 Å². The molecule has 0 radical (unpaired) electrons. The molecule has 0 saturated heterocycles. The molecule has 5 heteroatoms. The molecule has 1 unspecified atom stereocenters. The molecule has 0 aliphatic heterocycles. The van der Waals surface area contributed by atoms with Gasteiger partial charge in [-0.1, -0.05) is 23.5 Å². The number of aldehydes is 1. The number of benzene rings is 1. The lowest BCUT2D eigenvalue weighted by Gasteiger charge is -1.95. The van der Waals surface area contributed by atoms with Gasteiger partial charge in [-0.15, -0.1) is 4.91 Å². The van der Waals surface area contributed by atoms with Gasteiger partial charge in [0.25, 0.3) is 0 Å². The van der Waals surface area contributed by atoms with Crippen LogP contribution >= 0.6 is 19.3 Å². The maximum atomic E-state index is 10.3. The van der Waals surface area contributed by atoms with Gasteiger partial charge >= 0.3 is 0 Å². The fourth-order valence-corrected chi connectivity index (χ4v) is 1.94. The van der Waals surface area contributed by atoms with Gasteiger partial charge in [0, 0.05) is 10.5 Å². The molecule has 0 amide bonds. The fraction of sp³-hybridized carbons (Fsp3) is 0. The highest BCUT2D eigenvalue weighted by Gasteiger charge is 1.93. The summed E-state index contributed by atoms with van der Waals surface area (Å²) in [7, 11) is -0.0125. The smallest absolute Gasteiger partial charge is 0.150 e. The number of nitrogens with zero attached hydrogens (tertiary/aromatic N) is 1. The van der Waals surface area contributed by atoms with Crippen LogP contribution in [0.5, 0.6) is 0 Å². The second kappa shape index (κ2) is 5.01. The quantitative estimate of drug-likeness (QED) is 0.425. The van der Waals surface area contributed by atoms with E-state index in [0.717, 1.165) is 11.2 Å². The van der Waals surface area contributed by atoms with Crippen molar-refractivity contribution in [1.29, 1.82) is 0 Å². The van der Waals surface area contributed by atoms with Crippen molar-refractivity contribution in [3.63, 3.8) is 0 Å². The number of nitroso groups, excluding NO2 is 1. The minimum atomic E-state index is -0.0125. The second-order valence-corrected chi connectivity index (χ2v) is 4.17. The molecule has 0 aromatic heterocycles. The van der Waals surface area contributed by atoms with Crippen LogP contribution in [0.2, 0.25) is 0 Å². The second-order valence-electron chi connectivity index (χ2n) is 1.97. The minimum Gasteiger partial charge on any atom is -0.298 e. The number of carbonyl (C=O) groups is 1. The van der Waals surface area contributed by atoms with Gasteiger partial charge in [-0.3, -0.25) is 4.79 Å². The van der Waals surface area contributed by atoms with Crippen molar-refractivity contribution in [2.24, 2.45) is 4.95 Å². The average molecular weight is 199 g/mol. The Balaban J connectivity index is 2.64. The zero-order chi connectivity index (χ0) is 8.81. The Morgan fingerprint density at radius 1 is 1.33 bits per heavy atom. The third-order valence-corrected chi connectivity index (χ3v) is 3.10. The van der Waals surface area contributed by atoms with Crippen molar-refractivity contribution in [3.8, 4) is 0 Å². The first-order valence-corrected chi connectivity index (χ1v) is 5.65. The lowest BCUT2D eigenvalue weighted by molar-refractivity contribution is 0.112. The predicted molar refractivity (Wildman–Crippen MR) is 51.8 cm³/mol. The molecule has 0 saturated carbocycles. The molecule has 1 atom stereocenters. The summed E-state index contributed by atoms with van der Waals surface area (Å²) >= 11 is 1.37. The molecule has 1 aromatic carbocycles. The van der Waals surface area contributed by atoms with E-state index in [1.54, 1.807) is 24.3 Å². The predicted octanol–water partition coefficient (Wildman–Crippen LogP) is 2.87. The lowest BCUT2D eigenvalue weighted by Crippen LogP contribution is -1.76. The standard InChI is InChI=1S/C7H6NO2PS/c9-5-6-1-3-7(4-2-6)12-11-8-10/h1-5,11H. The van der Waals surface area contributed by atoms with Crippen molar-refractivity contribution in [2.75, 3.05) is 0 Å². The minimum absolute atomic E-state index is 0.0125. The van der Waals surface area contributed by atoms with E-state index in [1.165, 1.54) is 11.4 Å². The van der Waals surface area contributed by atoms with Crippen molar-refractivity contribution < 1.29 is 4.79 Å². The first kappa shape index (κ1) is 9.36. The molecular formula is C7H6NO2PS. The number of hydrogen-bond acceptors (Lipinski definition) is 4. The molecule has 0 aliphatic carbocycles. The van der Waals surface area contributed by atoms with Gasteiger partial charge in [0.1, 0.15) is 14.2 Å². The maximum Gasteiger partial charge on any atom is 0.150 e. The molecule has 62 valence electrons. The van der Waals surface area contributed by atoms with Gasteiger partial charge in [-0.2, -0.15) is 0 Å². The summed E-state index contributed by atoms with van der Waals surface area (Å²) < 4.78 is 0. The Bertz CT molecular complexity index is 275. The van der Waals surface area contributed by atoms with E-state index in [4.69, 9.17) is 0 Å². The van der Waals surface area contributed by atoms with Crippen LogP contribution in [0.25, 0.3) is 0 Å². The van der Waals surface area contributed by atoms with Crippen LogP contribution in [-0.4, -0.2) is 6.29 Å². The normalized spacial score (nSPS) is 10.3. The van der Waals surface area contributed by atoms with Crippen molar-refractivity contribution >= 4 is 25.6 Å². The molecule has 0 heterocycles. The highest BCUT2D eigenvalue weighted by molar-refractivity contribution is 8.49. The lowest BCUT2D eigenvalue weighted by atomic mass is 10.2. The monoisotopic (exact) mass is 199 g/mol. The number of rotatable bonds is 4. The van der Waals surface area contributed by atoms with E-state index in [0.29, 0.717) is 5.56 Å². The Hall–Kier alpha value is -0.730. The summed E-state index contributed by atoms with van der Waals surface area (Å²) in [6.07, 6.45) is 0.786. The fourth-order valence-electron chi connectivity index (χ4n) is 0.686. The Labute approximate surface area is 75.5 Å². The third-order valence-electron chi connectivity index (χ3n) is 1.22. The van der Waals surface area contributed by atoms with E-state index >= 15 is 0 Å². The van der Waals surface area contributed by atoms with E-state index in [-0.39, 0.29) is 7.93 Å². The summed E-state index contributed by atoms with van der Waals surface area (Å²) in [6.45, 7) is 0. The first-order chi connectivity index (χ1) is 5.86. The molecule has 0 N–H and O–H groups in total. The Kier molecular flexibility index (Phi) is 3.91. The Morgan fingerprint density at radius 2 is 2.00 bits per heavy atom. The van der Waals surface area contributed by atoms with Gasteiger partial charge in [0.2, 0.25) is 0 Å². The van der Waals surface area contributed by atoms with Gasteiger partial charge in [-0.25, -0.2) is 0 Å². The van der Waals surface area contributed by atoms with E-state index in [2.05, 4.69) is 4.95 Å². The zero-order valence-corrected chi connectivity index (χ0v) is 7.88. The summed E-state index contributed by atoms with van der Waals surface area (Å²) in [6, 6.07) is 7.02.